The summed E-state index contributed by atoms with van der Waals surface area (Å²) in [5.74, 6) is 0. The predicted octanol–water partition coefficient (Wildman–Crippen LogP) is 7.63. The highest BCUT2D eigenvalue weighted by Gasteiger charge is 2.74. The lowest BCUT2D eigenvalue weighted by atomic mass is 9.90. The minimum Gasteiger partial charge on any atom is -0.393 e. The Balaban J connectivity index is 2.01. The summed E-state index contributed by atoms with van der Waals surface area (Å²) in [7, 11) is -3.29. The van der Waals surface area contributed by atoms with Crippen LogP contribution in [0.5, 0.6) is 0 Å². The molecule has 2 aromatic rings. The van der Waals surface area contributed by atoms with Gasteiger partial charge in [0, 0.05) is 24.3 Å². The predicted molar refractivity (Wildman–Crippen MR) is 125 cm³/mol. The summed E-state index contributed by atoms with van der Waals surface area (Å²) in [6, 6.07) is 13.7. The summed E-state index contributed by atoms with van der Waals surface area (Å²) < 4.78 is 91.8. The molecule has 0 aromatic heterocycles. The first kappa shape index (κ1) is 26.6. The maximum atomic E-state index is 14.4. The van der Waals surface area contributed by atoms with Gasteiger partial charge in [-0.25, -0.2) is 0 Å². The molecule has 0 spiro atoms. The first-order valence-corrected chi connectivity index (χ1v) is 14.2. The van der Waals surface area contributed by atoms with Gasteiger partial charge in [0.1, 0.15) is 0 Å². The van der Waals surface area contributed by atoms with Crippen LogP contribution in [0.3, 0.4) is 0 Å². The average molecular weight is 504 g/mol. The molecule has 0 aliphatic carbocycles. The lowest BCUT2D eigenvalue weighted by molar-refractivity contribution is -0.369. The van der Waals surface area contributed by atoms with Crippen molar-refractivity contribution < 1.29 is 30.8 Å². The van der Waals surface area contributed by atoms with Crippen molar-refractivity contribution >= 4 is 14.0 Å². The summed E-state index contributed by atoms with van der Waals surface area (Å²) in [4.78, 5) is 2.01. The standard InChI is InChI=1S/C25H31F6NOSi/c1-4-34(5-2,6-3)33-23(24(26,27)28,25(29,30)31)21-12-13-22-20(18-21)15-17-32(22)16-14-19-10-8-7-9-11-19/h7-13,18H,4-6,14-17H2,1-3H3. The molecule has 0 atom stereocenters. The Morgan fingerprint density at radius 1 is 0.853 bits per heavy atom. The number of halogens is 6. The van der Waals surface area contributed by atoms with Crippen molar-refractivity contribution in [1.29, 1.82) is 0 Å². The number of rotatable bonds is 9. The zero-order valence-electron chi connectivity index (χ0n) is 19.7. The zero-order chi connectivity index (χ0) is 25.2. The molecule has 0 unspecified atom stereocenters. The van der Waals surface area contributed by atoms with Gasteiger partial charge in [-0.05, 0) is 48.2 Å². The molecular formula is C25H31F6NOSi. The molecular weight excluding hydrogens is 472 g/mol. The van der Waals surface area contributed by atoms with Crippen LogP contribution in [0.4, 0.5) is 32.0 Å². The fraction of sp³-hybridized carbons (Fsp3) is 0.520. The van der Waals surface area contributed by atoms with Gasteiger partial charge in [0.2, 0.25) is 0 Å². The number of nitrogens with zero attached hydrogens (tertiary/aromatic N) is 1. The molecule has 0 N–H and O–H groups in total. The van der Waals surface area contributed by atoms with Crippen molar-refractivity contribution in [3.05, 3.63) is 65.2 Å². The van der Waals surface area contributed by atoms with Crippen molar-refractivity contribution in [1.82, 2.24) is 0 Å². The second kappa shape index (κ2) is 9.93. The second-order valence-electron chi connectivity index (χ2n) is 8.84. The van der Waals surface area contributed by atoms with Crippen LogP contribution < -0.4 is 4.90 Å². The third-order valence-electron chi connectivity index (χ3n) is 7.09. The van der Waals surface area contributed by atoms with Crippen LogP contribution >= 0.6 is 0 Å². The van der Waals surface area contributed by atoms with Crippen LogP contribution in [-0.4, -0.2) is 33.8 Å². The molecule has 0 saturated carbocycles. The van der Waals surface area contributed by atoms with Gasteiger partial charge in [-0.2, -0.15) is 26.3 Å². The van der Waals surface area contributed by atoms with Crippen molar-refractivity contribution in [3.63, 3.8) is 0 Å². The Labute approximate surface area is 198 Å². The van der Waals surface area contributed by atoms with Gasteiger partial charge >= 0.3 is 12.4 Å². The van der Waals surface area contributed by atoms with E-state index in [4.69, 9.17) is 4.43 Å². The minimum atomic E-state index is -5.65. The number of anilines is 1. The largest absolute Gasteiger partial charge is 0.429 e. The minimum absolute atomic E-state index is 0.173. The summed E-state index contributed by atoms with van der Waals surface area (Å²) >= 11 is 0. The van der Waals surface area contributed by atoms with Gasteiger partial charge < -0.3 is 9.33 Å². The molecule has 1 heterocycles. The number of benzene rings is 2. The van der Waals surface area contributed by atoms with E-state index in [1.54, 1.807) is 20.8 Å². The Hall–Kier alpha value is -2.00. The number of fused-ring (bicyclic) bond motifs is 1. The Kier molecular flexibility index (Phi) is 7.77. The Bertz CT molecular complexity index is 934. The van der Waals surface area contributed by atoms with Crippen LogP contribution in [0.25, 0.3) is 0 Å². The molecule has 0 saturated heterocycles. The van der Waals surface area contributed by atoms with E-state index in [9.17, 15) is 26.3 Å². The van der Waals surface area contributed by atoms with E-state index < -0.39 is 31.8 Å². The topological polar surface area (TPSA) is 12.5 Å². The molecule has 34 heavy (non-hydrogen) atoms. The van der Waals surface area contributed by atoms with Gasteiger partial charge in [0.05, 0.1) is 0 Å². The quantitative estimate of drug-likeness (QED) is 0.258. The van der Waals surface area contributed by atoms with Crippen molar-refractivity contribution in [2.75, 3.05) is 18.0 Å². The second-order valence-corrected chi connectivity index (χ2v) is 13.5. The van der Waals surface area contributed by atoms with E-state index in [1.807, 2.05) is 35.2 Å². The fourth-order valence-electron chi connectivity index (χ4n) is 4.78. The zero-order valence-corrected chi connectivity index (χ0v) is 20.7. The highest BCUT2D eigenvalue weighted by atomic mass is 28.4. The van der Waals surface area contributed by atoms with Crippen LogP contribution in [0.1, 0.15) is 37.5 Å². The maximum absolute atomic E-state index is 14.4. The molecule has 1 aliphatic rings. The van der Waals surface area contributed by atoms with E-state index in [1.165, 1.54) is 6.07 Å². The van der Waals surface area contributed by atoms with E-state index in [-0.39, 0.29) is 18.1 Å². The van der Waals surface area contributed by atoms with Crippen molar-refractivity contribution in [3.8, 4) is 0 Å². The van der Waals surface area contributed by atoms with E-state index >= 15 is 0 Å². The first-order chi connectivity index (χ1) is 15.9. The Morgan fingerprint density at radius 3 is 1.97 bits per heavy atom. The molecule has 0 amide bonds. The molecule has 0 fully saturated rings. The SMILES string of the molecule is CC[Si](CC)(CC)OC(c1ccc2c(c1)CCN2CCc1ccccc1)(C(F)(F)F)C(F)(F)F. The van der Waals surface area contributed by atoms with Gasteiger partial charge in [-0.15, -0.1) is 0 Å². The molecule has 188 valence electrons. The van der Waals surface area contributed by atoms with Gasteiger partial charge in [0.25, 0.3) is 5.60 Å². The van der Waals surface area contributed by atoms with E-state index in [0.717, 1.165) is 24.1 Å². The number of alkyl halides is 6. The lowest BCUT2D eigenvalue weighted by Crippen LogP contribution is -2.61. The number of hydrogen-bond acceptors (Lipinski definition) is 2. The lowest BCUT2D eigenvalue weighted by Gasteiger charge is -2.44. The summed E-state index contributed by atoms with van der Waals surface area (Å²) in [6.45, 7) is 6.03. The van der Waals surface area contributed by atoms with Crippen LogP contribution in [0, 0.1) is 0 Å². The van der Waals surface area contributed by atoms with Crippen LogP contribution in [0.2, 0.25) is 18.1 Å². The van der Waals surface area contributed by atoms with Crippen molar-refractivity contribution in [2.45, 2.75) is 69.7 Å². The van der Waals surface area contributed by atoms with E-state index in [2.05, 4.69) is 0 Å². The van der Waals surface area contributed by atoms with Crippen molar-refractivity contribution in [2.24, 2.45) is 0 Å². The summed E-state index contributed by atoms with van der Waals surface area (Å²) in [5.41, 5.74) is -2.91. The highest BCUT2D eigenvalue weighted by molar-refractivity contribution is 6.73. The van der Waals surface area contributed by atoms with Crippen LogP contribution in [0.15, 0.2) is 48.5 Å². The third kappa shape index (κ3) is 4.87. The Morgan fingerprint density at radius 2 is 1.44 bits per heavy atom. The normalized spacial score (nSPS) is 15.0. The first-order valence-electron chi connectivity index (χ1n) is 11.7. The summed E-state index contributed by atoms with van der Waals surface area (Å²) in [5, 5.41) is 0. The highest BCUT2D eigenvalue weighted by Crippen LogP contribution is 2.55. The summed E-state index contributed by atoms with van der Waals surface area (Å²) in [6.07, 6.45) is -10.2. The molecule has 1 aliphatic heterocycles. The van der Waals surface area contributed by atoms with Gasteiger partial charge in [-0.3, -0.25) is 0 Å². The molecule has 3 rings (SSSR count). The molecule has 2 aromatic carbocycles. The van der Waals surface area contributed by atoms with Gasteiger partial charge in [-0.1, -0.05) is 63.2 Å². The molecule has 0 radical (unpaired) electrons. The third-order valence-corrected chi connectivity index (χ3v) is 11.7. The molecule has 2 nitrogen and oxygen atoms in total. The van der Waals surface area contributed by atoms with E-state index in [0.29, 0.717) is 30.8 Å². The molecule has 9 heteroatoms. The monoisotopic (exact) mass is 503 g/mol. The number of hydrogen-bond donors (Lipinski definition) is 0. The smallest absolute Gasteiger partial charge is 0.393 e. The maximum Gasteiger partial charge on any atom is 0.429 e. The average Bonchev–Trinajstić information content (AvgIpc) is 3.20. The molecule has 0 bridgehead atoms. The van der Waals surface area contributed by atoms with Crippen LogP contribution in [-0.2, 0) is 22.9 Å². The fourth-order valence-corrected chi connectivity index (χ4v) is 7.72. The van der Waals surface area contributed by atoms with Gasteiger partial charge in [0.15, 0.2) is 8.32 Å².